The van der Waals surface area contributed by atoms with Gasteiger partial charge in [-0.05, 0) is 70.6 Å². The van der Waals surface area contributed by atoms with Crippen LogP contribution >= 0.6 is 11.8 Å². The first-order chi connectivity index (χ1) is 32.5. The third-order valence-corrected chi connectivity index (χ3v) is 13.3. The van der Waals surface area contributed by atoms with Crippen LogP contribution in [0.3, 0.4) is 0 Å². The smallest absolute Gasteiger partial charge is 0.187 e. The van der Waals surface area contributed by atoms with E-state index < -0.39 is 54.5 Å². The van der Waals surface area contributed by atoms with Crippen molar-refractivity contribution in [3.8, 4) is 0 Å². The van der Waals surface area contributed by atoms with Gasteiger partial charge in [-0.1, -0.05) is 188 Å². The summed E-state index contributed by atoms with van der Waals surface area (Å²) in [7, 11) is 0. The molecule has 0 N–H and O–H groups in total. The largest absolute Gasteiger partial charge is 0.368 e. The second-order valence-corrected chi connectivity index (χ2v) is 18.1. The van der Waals surface area contributed by atoms with Gasteiger partial charge in [0.05, 0.1) is 45.2 Å². The summed E-state index contributed by atoms with van der Waals surface area (Å²) in [6, 6.07) is 65.8. The van der Waals surface area contributed by atoms with Gasteiger partial charge in [-0.25, -0.2) is 0 Å². The Bertz CT molecular complexity index is 2500. The number of fused-ring (bicyclic) bond motifs is 1. The van der Waals surface area contributed by atoms with Crippen molar-refractivity contribution in [1.82, 2.24) is 0 Å². The van der Waals surface area contributed by atoms with Gasteiger partial charge in [0.2, 0.25) is 0 Å². The molecule has 0 unspecified atom stereocenters. The minimum absolute atomic E-state index is 0.295. The van der Waals surface area contributed by atoms with Gasteiger partial charge in [0.25, 0.3) is 0 Å². The summed E-state index contributed by atoms with van der Waals surface area (Å²) in [4.78, 5) is 1.05. The zero-order chi connectivity index (χ0) is 44.9. The fourth-order valence-electron chi connectivity index (χ4n) is 8.68. The summed E-state index contributed by atoms with van der Waals surface area (Å²) >= 11 is 1.62. The lowest BCUT2D eigenvalue weighted by atomic mass is 9.96. The van der Waals surface area contributed by atoms with Crippen molar-refractivity contribution in [2.24, 2.45) is 0 Å². The second kappa shape index (κ2) is 23.0. The molecule has 0 bridgehead atoms. The third-order valence-electron chi connectivity index (χ3n) is 12.1. The normalized spacial score (nSPS) is 25.4. The lowest BCUT2D eigenvalue weighted by molar-refractivity contribution is -0.353. The van der Waals surface area contributed by atoms with Crippen LogP contribution in [0.15, 0.2) is 199 Å². The van der Waals surface area contributed by atoms with E-state index in [2.05, 4.69) is 110 Å². The van der Waals surface area contributed by atoms with Crippen molar-refractivity contribution in [3.63, 3.8) is 0 Å². The summed E-state index contributed by atoms with van der Waals surface area (Å²) in [5.41, 5.74) is 4.71. The van der Waals surface area contributed by atoms with E-state index in [-0.39, 0.29) is 6.10 Å². The highest BCUT2D eigenvalue weighted by atomic mass is 32.2. The lowest BCUT2D eigenvalue weighted by Gasteiger charge is -2.49. The van der Waals surface area contributed by atoms with Crippen molar-refractivity contribution in [1.29, 1.82) is 0 Å². The predicted octanol–water partition coefficient (Wildman–Crippen LogP) is 11.7. The Morgan fingerprint density at radius 2 is 0.773 bits per heavy atom. The van der Waals surface area contributed by atoms with Crippen LogP contribution in [-0.2, 0) is 70.9 Å². The Morgan fingerprint density at radius 1 is 0.364 bits per heavy atom. The number of benzene rings is 7. The molecular formula is C57H58O8S. The van der Waals surface area contributed by atoms with E-state index in [1.807, 2.05) is 97.9 Å². The Balaban J connectivity index is 1.08. The molecule has 9 heteroatoms. The van der Waals surface area contributed by atoms with Crippen molar-refractivity contribution in [2.75, 3.05) is 0 Å². The van der Waals surface area contributed by atoms with Crippen LogP contribution in [0.25, 0.3) is 10.8 Å². The maximum Gasteiger partial charge on any atom is 0.187 e. The molecule has 0 aliphatic carbocycles. The minimum atomic E-state index is -0.926. The molecule has 66 heavy (non-hydrogen) atoms. The first-order valence-electron chi connectivity index (χ1n) is 22.9. The number of thioether (sulfide) groups is 1. The van der Waals surface area contributed by atoms with Crippen LogP contribution in [0.1, 0.15) is 41.7 Å². The zero-order valence-corrected chi connectivity index (χ0v) is 38.3. The van der Waals surface area contributed by atoms with Gasteiger partial charge in [0, 0.05) is 4.90 Å². The topological polar surface area (TPSA) is 73.8 Å². The average Bonchev–Trinajstić information content (AvgIpc) is 3.36. The second-order valence-electron chi connectivity index (χ2n) is 17.0. The zero-order valence-electron chi connectivity index (χ0n) is 37.5. The summed E-state index contributed by atoms with van der Waals surface area (Å²) < 4.78 is 56.3. The summed E-state index contributed by atoms with van der Waals surface area (Å²) in [6.07, 6.45) is -5.49. The predicted molar refractivity (Wildman–Crippen MR) is 258 cm³/mol. The Hall–Kier alpha value is -5.17. The molecule has 0 saturated carbocycles. The van der Waals surface area contributed by atoms with E-state index in [0.29, 0.717) is 33.0 Å². The van der Waals surface area contributed by atoms with E-state index >= 15 is 0 Å². The van der Waals surface area contributed by atoms with Gasteiger partial charge in [-0.3, -0.25) is 0 Å². The molecule has 10 atom stereocenters. The first kappa shape index (κ1) is 46.0. The van der Waals surface area contributed by atoms with Crippen LogP contribution in [-0.4, -0.2) is 60.6 Å². The standard InChI is InChI=1S/C57H58O8S/c1-40-50(58-35-42-20-8-3-9-21-42)52(60-39-46-32-33-47-28-18-19-29-48(47)34-46)54(61-37-44-24-12-5-13-25-44)56(63-40)65-53-51(59-36-43-22-10-4-11-23-43)41(2)64-57(66-49-30-16-7-17-31-49)55(53)62-38-45-26-14-6-15-27-45/h3-34,40-41,50-57H,35-39H2,1-2H3/t40-,41-,50-,51-,52+,53+,54+,55+,56+,57-/m0/s1. The Morgan fingerprint density at radius 3 is 1.32 bits per heavy atom. The molecule has 2 aliphatic rings. The number of hydrogen-bond donors (Lipinski definition) is 0. The highest BCUT2D eigenvalue weighted by Gasteiger charge is 2.53. The minimum Gasteiger partial charge on any atom is -0.368 e. The molecule has 2 aliphatic heterocycles. The Labute approximate surface area is 393 Å². The summed E-state index contributed by atoms with van der Waals surface area (Å²) in [5.74, 6) is 0. The average molecular weight is 903 g/mol. The number of rotatable bonds is 19. The molecule has 2 saturated heterocycles. The lowest BCUT2D eigenvalue weighted by Crippen LogP contribution is -2.64. The molecule has 8 nitrogen and oxygen atoms in total. The molecule has 9 rings (SSSR count). The molecule has 7 aromatic rings. The SMILES string of the molecule is C[C@@H]1O[C@@H](Sc2ccccc2)[C@H](OCc2ccccc2)[C@H](O[C@H]2O[C@@H](C)[C@H](OCc3ccccc3)[C@@H](OCc3ccc4ccccc4c3)[C@H]2OCc2ccccc2)[C@H]1OCc1ccccc1. The fourth-order valence-corrected chi connectivity index (χ4v) is 9.86. The van der Waals surface area contributed by atoms with Gasteiger partial charge in [0.15, 0.2) is 6.29 Å². The highest BCUT2D eigenvalue weighted by molar-refractivity contribution is 7.99. The number of hydrogen-bond acceptors (Lipinski definition) is 9. The molecule has 0 radical (unpaired) electrons. The first-order valence-corrected chi connectivity index (χ1v) is 23.8. The summed E-state index contributed by atoms with van der Waals surface area (Å²) in [6.45, 7) is 5.75. The van der Waals surface area contributed by atoms with Gasteiger partial charge in [-0.15, -0.1) is 0 Å². The fraction of sp³-hybridized carbons (Fsp3) is 0.298. The molecule has 2 heterocycles. The van der Waals surface area contributed by atoms with E-state index in [9.17, 15) is 0 Å². The van der Waals surface area contributed by atoms with Crippen LogP contribution < -0.4 is 0 Å². The van der Waals surface area contributed by atoms with Gasteiger partial charge < -0.3 is 37.9 Å². The van der Waals surface area contributed by atoms with Crippen LogP contribution in [0.2, 0.25) is 0 Å². The van der Waals surface area contributed by atoms with Gasteiger partial charge in [0.1, 0.15) is 42.1 Å². The number of ether oxygens (including phenoxy) is 8. The monoisotopic (exact) mass is 902 g/mol. The van der Waals surface area contributed by atoms with Crippen LogP contribution in [0.4, 0.5) is 0 Å². The van der Waals surface area contributed by atoms with E-state index in [1.165, 1.54) is 5.39 Å². The summed E-state index contributed by atoms with van der Waals surface area (Å²) in [5, 5.41) is 2.32. The van der Waals surface area contributed by atoms with Gasteiger partial charge in [-0.2, -0.15) is 0 Å². The van der Waals surface area contributed by atoms with Crippen molar-refractivity contribution < 1.29 is 37.9 Å². The Kier molecular flexibility index (Phi) is 16.0. The molecule has 0 aromatic heterocycles. The van der Waals surface area contributed by atoms with E-state index in [1.54, 1.807) is 11.8 Å². The van der Waals surface area contributed by atoms with Crippen LogP contribution in [0.5, 0.6) is 0 Å². The van der Waals surface area contributed by atoms with Crippen molar-refractivity contribution in [3.05, 3.63) is 222 Å². The van der Waals surface area contributed by atoms with Crippen molar-refractivity contribution in [2.45, 2.75) is 112 Å². The maximum atomic E-state index is 7.47. The molecule has 0 amide bonds. The molecule has 2 fully saturated rings. The molecule has 340 valence electrons. The maximum absolute atomic E-state index is 7.47. The molecule has 0 spiro atoms. The van der Waals surface area contributed by atoms with Gasteiger partial charge >= 0.3 is 0 Å². The molecule has 7 aromatic carbocycles. The third kappa shape index (κ3) is 12.0. The quantitative estimate of drug-likeness (QED) is 0.0789. The van der Waals surface area contributed by atoms with E-state index in [4.69, 9.17) is 37.9 Å². The highest BCUT2D eigenvalue weighted by Crippen LogP contribution is 2.40. The van der Waals surface area contributed by atoms with E-state index in [0.717, 1.165) is 38.1 Å². The molecular weight excluding hydrogens is 845 g/mol. The van der Waals surface area contributed by atoms with Crippen LogP contribution in [0, 0.1) is 0 Å². The van der Waals surface area contributed by atoms with Crippen molar-refractivity contribution >= 4 is 22.5 Å².